The quantitative estimate of drug-likeness (QED) is 0.674. The molecule has 0 saturated heterocycles. The first-order chi connectivity index (χ1) is 9.40. The molecule has 8 heteroatoms. The van der Waals surface area contributed by atoms with Crippen molar-refractivity contribution in [3.63, 3.8) is 0 Å². The Balaban J connectivity index is 2.20. The van der Waals surface area contributed by atoms with E-state index in [-0.39, 0.29) is 18.2 Å². The van der Waals surface area contributed by atoms with Gasteiger partial charge >= 0.3 is 0 Å². The molecular weight excluding hydrogens is 296 g/mol. The topological polar surface area (TPSA) is 55.1 Å². The second-order valence-electron chi connectivity index (χ2n) is 3.86. The third-order valence-corrected chi connectivity index (χ3v) is 3.43. The van der Waals surface area contributed by atoms with Crippen LogP contribution in [0.3, 0.4) is 0 Å². The van der Waals surface area contributed by atoms with Crippen LogP contribution in [0.4, 0.5) is 23.2 Å². The SMILES string of the molecule is NC(=O)c1csc(CNc2c(F)c(F)cc(F)c2F)c1. The molecule has 3 N–H and O–H groups in total. The lowest BCUT2D eigenvalue weighted by Crippen LogP contribution is -2.09. The number of thiophene rings is 1. The van der Waals surface area contributed by atoms with Gasteiger partial charge in [0.1, 0.15) is 5.69 Å². The van der Waals surface area contributed by atoms with Gasteiger partial charge in [-0.25, -0.2) is 17.6 Å². The summed E-state index contributed by atoms with van der Waals surface area (Å²) in [7, 11) is 0. The Bertz CT molecular complexity index is 645. The fraction of sp³-hybridized carbons (Fsp3) is 0.0833. The second kappa shape index (κ2) is 5.49. The molecule has 3 nitrogen and oxygen atoms in total. The molecule has 0 aliphatic heterocycles. The number of nitrogens with one attached hydrogen (secondary N) is 1. The highest BCUT2D eigenvalue weighted by Crippen LogP contribution is 2.25. The van der Waals surface area contributed by atoms with Gasteiger partial charge in [0.25, 0.3) is 0 Å². The third-order valence-electron chi connectivity index (χ3n) is 2.49. The lowest BCUT2D eigenvalue weighted by atomic mass is 10.2. The second-order valence-corrected chi connectivity index (χ2v) is 4.86. The Morgan fingerprint density at radius 3 is 2.25 bits per heavy atom. The fourth-order valence-corrected chi connectivity index (χ4v) is 2.32. The zero-order valence-electron chi connectivity index (χ0n) is 9.84. The minimum Gasteiger partial charge on any atom is -0.375 e. The Morgan fingerprint density at radius 1 is 1.15 bits per heavy atom. The van der Waals surface area contributed by atoms with Crippen molar-refractivity contribution in [3.8, 4) is 0 Å². The summed E-state index contributed by atoms with van der Waals surface area (Å²) < 4.78 is 52.7. The van der Waals surface area contributed by atoms with Crippen LogP contribution in [-0.4, -0.2) is 5.91 Å². The van der Waals surface area contributed by atoms with Crippen molar-refractivity contribution in [2.75, 3.05) is 5.32 Å². The van der Waals surface area contributed by atoms with Crippen molar-refractivity contribution in [1.29, 1.82) is 0 Å². The van der Waals surface area contributed by atoms with E-state index < -0.39 is 34.9 Å². The summed E-state index contributed by atoms with van der Waals surface area (Å²) in [6, 6.07) is 1.55. The van der Waals surface area contributed by atoms with E-state index in [0.717, 1.165) is 11.3 Å². The van der Waals surface area contributed by atoms with Gasteiger partial charge < -0.3 is 11.1 Å². The van der Waals surface area contributed by atoms with Crippen molar-refractivity contribution < 1.29 is 22.4 Å². The highest BCUT2D eigenvalue weighted by Gasteiger charge is 2.19. The van der Waals surface area contributed by atoms with Gasteiger partial charge in [-0.2, -0.15) is 0 Å². The smallest absolute Gasteiger partial charge is 0.249 e. The number of halogens is 4. The number of rotatable bonds is 4. The van der Waals surface area contributed by atoms with Gasteiger partial charge in [-0.15, -0.1) is 11.3 Å². The molecule has 2 aromatic rings. The lowest BCUT2D eigenvalue weighted by molar-refractivity contribution is 0.100. The molecule has 20 heavy (non-hydrogen) atoms. The van der Waals surface area contributed by atoms with E-state index in [1.165, 1.54) is 11.4 Å². The van der Waals surface area contributed by atoms with Crippen LogP contribution in [0.2, 0.25) is 0 Å². The summed E-state index contributed by atoms with van der Waals surface area (Å²) in [5, 5.41) is 3.73. The van der Waals surface area contributed by atoms with Crippen LogP contribution in [0.25, 0.3) is 0 Å². The van der Waals surface area contributed by atoms with Gasteiger partial charge in [-0.05, 0) is 6.07 Å². The number of hydrogen-bond acceptors (Lipinski definition) is 3. The van der Waals surface area contributed by atoms with E-state index in [1.807, 2.05) is 0 Å². The Morgan fingerprint density at radius 2 is 1.75 bits per heavy atom. The summed E-state index contributed by atoms with van der Waals surface area (Å²) in [5.41, 5.74) is 4.41. The lowest BCUT2D eigenvalue weighted by Gasteiger charge is -2.08. The number of primary amides is 1. The van der Waals surface area contributed by atoms with Crippen LogP contribution in [0, 0.1) is 23.3 Å². The van der Waals surface area contributed by atoms with E-state index in [2.05, 4.69) is 5.32 Å². The Hall–Kier alpha value is -2.09. The Kier molecular flexibility index (Phi) is 3.93. The van der Waals surface area contributed by atoms with Gasteiger partial charge in [0.2, 0.25) is 5.91 Å². The maximum absolute atomic E-state index is 13.4. The zero-order chi connectivity index (χ0) is 14.9. The highest BCUT2D eigenvalue weighted by atomic mass is 32.1. The first-order valence-electron chi connectivity index (χ1n) is 5.34. The molecular formula is C12H8F4N2OS. The van der Waals surface area contributed by atoms with E-state index >= 15 is 0 Å². The molecule has 0 atom stereocenters. The molecule has 2 rings (SSSR count). The highest BCUT2D eigenvalue weighted by molar-refractivity contribution is 7.10. The number of benzene rings is 1. The normalized spacial score (nSPS) is 10.6. The molecule has 1 amide bonds. The minimum absolute atomic E-state index is 0.103. The van der Waals surface area contributed by atoms with E-state index in [1.54, 1.807) is 0 Å². The molecule has 1 aromatic carbocycles. The molecule has 0 bridgehead atoms. The first-order valence-corrected chi connectivity index (χ1v) is 6.22. The van der Waals surface area contributed by atoms with E-state index in [0.29, 0.717) is 4.88 Å². The molecule has 1 heterocycles. The maximum atomic E-state index is 13.4. The zero-order valence-corrected chi connectivity index (χ0v) is 10.7. The average Bonchev–Trinajstić information content (AvgIpc) is 2.85. The van der Waals surface area contributed by atoms with Crippen LogP contribution >= 0.6 is 11.3 Å². The van der Waals surface area contributed by atoms with Gasteiger partial charge in [0.15, 0.2) is 23.3 Å². The average molecular weight is 304 g/mol. The van der Waals surface area contributed by atoms with Gasteiger partial charge in [-0.1, -0.05) is 0 Å². The van der Waals surface area contributed by atoms with Crippen molar-refractivity contribution >= 4 is 22.9 Å². The van der Waals surface area contributed by atoms with Crippen LogP contribution in [0.1, 0.15) is 15.2 Å². The number of carbonyl (C=O) groups is 1. The molecule has 0 aliphatic rings. The van der Waals surface area contributed by atoms with E-state index in [4.69, 9.17) is 5.73 Å². The molecule has 0 unspecified atom stereocenters. The summed E-state index contributed by atoms with van der Waals surface area (Å²) >= 11 is 1.12. The number of anilines is 1. The van der Waals surface area contributed by atoms with E-state index in [9.17, 15) is 22.4 Å². The number of hydrogen-bond donors (Lipinski definition) is 2. The number of carbonyl (C=O) groups excluding carboxylic acids is 1. The van der Waals surface area contributed by atoms with Crippen LogP contribution in [0.15, 0.2) is 17.5 Å². The van der Waals surface area contributed by atoms with Gasteiger partial charge in [0.05, 0.1) is 5.56 Å². The standard InChI is InChI=1S/C12H8F4N2OS/c13-7-2-8(14)10(16)11(9(7)15)18-3-6-1-5(4-20-6)12(17)19/h1-2,4,18H,3H2,(H2,17,19). The predicted octanol–water partition coefficient (Wildman–Crippen LogP) is 3.02. The minimum atomic E-state index is -1.50. The maximum Gasteiger partial charge on any atom is 0.249 e. The molecule has 0 radical (unpaired) electrons. The molecule has 1 aromatic heterocycles. The summed E-state index contributed by atoms with van der Waals surface area (Å²) in [6.07, 6.45) is 0. The number of nitrogens with two attached hydrogens (primary N) is 1. The van der Waals surface area contributed by atoms with Gasteiger partial charge in [0, 0.05) is 22.9 Å². The van der Waals surface area contributed by atoms with Crippen molar-refractivity contribution in [3.05, 3.63) is 51.2 Å². The van der Waals surface area contributed by atoms with Crippen LogP contribution < -0.4 is 11.1 Å². The number of amides is 1. The summed E-state index contributed by atoms with van der Waals surface area (Å²) in [5.74, 6) is -6.63. The molecule has 0 spiro atoms. The first kappa shape index (κ1) is 14.3. The molecule has 0 saturated carbocycles. The van der Waals surface area contributed by atoms with Crippen molar-refractivity contribution in [1.82, 2.24) is 0 Å². The van der Waals surface area contributed by atoms with Gasteiger partial charge in [-0.3, -0.25) is 4.79 Å². The molecule has 0 fully saturated rings. The summed E-state index contributed by atoms with van der Waals surface area (Å²) in [4.78, 5) is 11.4. The Labute approximate surface area is 115 Å². The largest absolute Gasteiger partial charge is 0.375 e. The van der Waals surface area contributed by atoms with Crippen LogP contribution in [-0.2, 0) is 6.54 Å². The third kappa shape index (κ3) is 2.74. The molecule has 106 valence electrons. The van der Waals surface area contributed by atoms with Crippen molar-refractivity contribution in [2.45, 2.75) is 6.54 Å². The van der Waals surface area contributed by atoms with Crippen LogP contribution in [0.5, 0.6) is 0 Å². The fourth-order valence-electron chi connectivity index (χ4n) is 1.51. The predicted molar refractivity (Wildman–Crippen MR) is 66.4 cm³/mol. The molecule has 0 aliphatic carbocycles. The monoisotopic (exact) mass is 304 g/mol. The van der Waals surface area contributed by atoms with Crippen molar-refractivity contribution in [2.24, 2.45) is 5.73 Å². The summed E-state index contributed by atoms with van der Waals surface area (Å²) in [6.45, 7) is -0.103.